The van der Waals surface area contributed by atoms with Gasteiger partial charge < -0.3 is 0 Å². The van der Waals surface area contributed by atoms with Crippen LogP contribution in [0.4, 0.5) is 0 Å². The second-order valence-corrected chi connectivity index (χ2v) is 7.99. The molecule has 2 rings (SSSR count). The van der Waals surface area contributed by atoms with E-state index >= 15 is 0 Å². The Hall–Kier alpha value is -1.46. The Morgan fingerprint density at radius 1 is 0.950 bits per heavy atom. The zero-order valence-corrected chi connectivity index (χ0v) is 13.3. The first-order valence-corrected chi connectivity index (χ1v) is 8.01. The fourth-order valence-corrected chi connectivity index (χ4v) is 4.11. The summed E-state index contributed by atoms with van der Waals surface area (Å²) in [6, 6.07) is 20.0. The van der Waals surface area contributed by atoms with Crippen LogP contribution in [0.15, 0.2) is 60.7 Å². The first-order valence-electron chi connectivity index (χ1n) is 6.93. The molecule has 1 nitrogen and oxygen atoms in total. The third-order valence-electron chi connectivity index (χ3n) is 3.52. The van der Waals surface area contributed by atoms with Crippen molar-refractivity contribution in [1.82, 2.24) is 0 Å². The molecule has 0 aromatic heterocycles. The van der Waals surface area contributed by atoms with Crippen molar-refractivity contribution in [3.63, 3.8) is 0 Å². The summed E-state index contributed by atoms with van der Waals surface area (Å²) in [5.41, 5.74) is 2.16. The minimum absolute atomic E-state index is 0.0329. The number of Topliss-reactive ketones (excluding diaryl/α,β-unsaturated/α-hetero) is 1. The van der Waals surface area contributed by atoms with E-state index in [0.29, 0.717) is 8.58 Å². The molecule has 2 unspecified atom stereocenters. The minimum atomic E-state index is 0.0329. The molecule has 0 aliphatic heterocycles. The predicted octanol–water partition coefficient (Wildman–Crippen LogP) is 4.87. The maximum atomic E-state index is 12.5. The van der Waals surface area contributed by atoms with Gasteiger partial charge in [0.2, 0.25) is 0 Å². The number of carbonyl (C=O) groups is 1. The highest BCUT2D eigenvalue weighted by Crippen LogP contribution is 2.44. The summed E-state index contributed by atoms with van der Waals surface area (Å²) in [6.07, 6.45) is 0. The molecule has 0 fully saturated rings. The quantitative estimate of drug-likeness (QED) is 0.565. The van der Waals surface area contributed by atoms with E-state index in [2.05, 4.69) is 38.1 Å². The zero-order valence-electron chi connectivity index (χ0n) is 12.3. The molecule has 0 amide bonds. The summed E-state index contributed by atoms with van der Waals surface area (Å²) in [5.74, 6) is 0.243. The molecule has 2 aromatic rings. The van der Waals surface area contributed by atoms with Crippen LogP contribution in [-0.2, 0) is 5.16 Å². The Labute approximate surface area is 123 Å². The van der Waals surface area contributed by atoms with Crippen molar-refractivity contribution in [3.05, 3.63) is 71.8 Å². The van der Waals surface area contributed by atoms with E-state index in [0.717, 1.165) is 5.56 Å². The molecule has 0 spiro atoms. The normalized spacial score (nSPS) is 13.6. The molecular formula is C18H21OP. The van der Waals surface area contributed by atoms with Gasteiger partial charge in [-0.05, 0) is 5.56 Å². The van der Waals surface area contributed by atoms with Gasteiger partial charge in [0.25, 0.3) is 0 Å². The molecule has 104 valence electrons. The number of hydrogen-bond donors (Lipinski definition) is 0. The van der Waals surface area contributed by atoms with E-state index in [1.54, 1.807) is 0 Å². The molecule has 0 bridgehead atoms. The molecule has 0 aliphatic rings. The summed E-state index contributed by atoms with van der Waals surface area (Å²) < 4.78 is 0. The molecule has 2 heteroatoms. The number of carbonyl (C=O) groups excluding carboxylic acids is 1. The average molecular weight is 284 g/mol. The van der Waals surface area contributed by atoms with Gasteiger partial charge in [0.15, 0.2) is 5.78 Å². The third kappa shape index (κ3) is 3.55. The fourth-order valence-electron chi connectivity index (χ4n) is 2.40. The first kappa shape index (κ1) is 14.9. The summed E-state index contributed by atoms with van der Waals surface area (Å²) >= 11 is 0. The maximum Gasteiger partial charge on any atom is 0.169 e. The van der Waals surface area contributed by atoms with Gasteiger partial charge in [-0.1, -0.05) is 81.4 Å². The van der Waals surface area contributed by atoms with E-state index in [1.165, 1.54) is 5.56 Å². The standard InChI is InChI=1S/C18H21OP/c1-14(17(19)15-10-6-4-7-11-15)20-18(2,3)16-12-8-5-9-13-16/h4-14,20H,1-3H3. The Balaban J connectivity index is 2.11. The van der Waals surface area contributed by atoms with E-state index in [9.17, 15) is 4.79 Å². The second kappa shape index (κ2) is 6.33. The largest absolute Gasteiger partial charge is 0.293 e. The van der Waals surface area contributed by atoms with Gasteiger partial charge >= 0.3 is 0 Å². The van der Waals surface area contributed by atoms with Crippen LogP contribution in [0.2, 0.25) is 0 Å². The second-order valence-electron chi connectivity index (χ2n) is 5.59. The van der Waals surface area contributed by atoms with Gasteiger partial charge in [0, 0.05) is 16.4 Å². The highest BCUT2D eigenvalue weighted by molar-refractivity contribution is 7.41. The molecule has 2 aromatic carbocycles. The number of ketones is 1. The highest BCUT2D eigenvalue weighted by atomic mass is 31.1. The summed E-state index contributed by atoms with van der Waals surface area (Å²) in [7, 11) is 0.566. The van der Waals surface area contributed by atoms with E-state index in [1.807, 2.05) is 43.3 Å². The average Bonchev–Trinajstić information content (AvgIpc) is 2.48. The lowest BCUT2D eigenvalue weighted by atomic mass is 10.0. The van der Waals surface area contributed by atoms with Crippen molar-refractivity contribution in [3.8, 4) is 0 Å². The van der Waals surface area contributed by atoms with Gasteiger partial charge in [-0.15, -0.1) is 8.58 Å². The Morgan fingerprint density at radius 3 is 2.00 bits per heavy atom. The SMILES string of the molecule is CC(PC(C)(C)c1ccccc1)C(=O)c1ccccc1. The van der Waals surface area contributed by atoms with Gasteiger partial charge in [0.05, 0.1) is 0 Å². The molecule has 0 aliphatic carbocycles. The Bertz CT molecular complexity index is 560. The van der Waals surface area contributed by atoms with Crippen molar-refractivity contribution in [2.45, 2.75) is 31.6 Å². The lowest BCUT2D eigenvalue weighted by Gasteiger charge is -2.28. The molecule has 20 heavy (non-hydrogen) atoms. The summed E-state index contributed by atoms with van der Waals surface area (Å²) in [6.45, 7) is 6.48. The highest BCUT2D eigenvalue weighted by Gasteiger charge is 2.26. The monoisotopic (exact) mass is 284 g/mol. The van der Waals surface area contributed by atoms with E-state index in [-0.39, 0.29) is 16.6 Å². The van der Waals surface area contributed by atoms with Crippen LogP contribution >= 0.6 is 8.58 Å². The third-order valence-corrected chi connectivity index (χ3v) is 5.23. The summed E-state index contributed by atoms with van der Waals surface area (Å²) in [4.78, 5) is 12.5. The predicted molar refractivity (Wildman–Crippen MR) is 88.0 cm³/mol. The Morgan fingerprint density at radius 2 is 1.45 bits per heavy atom. The van der Waals surface area contributed by atoms with Crippen LogP contribution < -0.4 is 0 Å². The van der Waals surface area contributed by atoms with E-state index in [4.69, 9.17) is 0 Å². The van der Waals surface area contributed by atoms with Crippen LogP contribution in [0, 0.1) is 0 Å². The molecular weight excluding hydrogens is 263 g/mol. The van der Waals surface area contributed by atoms with Crippen LogP contribution in [0.3, 0.4) is 0 Å². The van der Waals surface area contributed by atoms with Gasteiger partial charge in [-0.3, -0.25) is 4.79 Å². The van der Waals surface area contributed by atoms with Crippen molar-refractivity contribution in [2.75, 3.05) is 0 Å². The van der Waals surface area contributed by atoms with Crippen LogP contribution in [0.5, 0.6) is 0 Å². The molecule has 0 N–H and O–H groups in total. The molecule has 2 atom stereocenters. The molecule has 0 heterocycles. The molecule has 0 saturated carbocycles. The topological polar surface area (TPSA) is 17.1 Å². The number of hydrogen-bond acceptors (Lipinski definition) is 1. The minimum Gasteiger partial charge on any atom is -0.293 e. The maximum absolute atomic E-state index is 12.5. The van der Waals surface area contributed by atoms with Gasteiger partial charge in [0.1, 0.15) is 0 Å². The van der Waals surface area contributed by atoms with Gasteiger partial charge in [-0.25, -0.2) is 0 Å². The zero-order chi connectivity index (χ0) is 14.6. The van der Waals surface area contributed by atoms with Crippen molar-refractivity contribution in [1.29, 1.82) is 0 Å². The van der Waals surface area contributed by atoms with Crippen LogP contribution in [-0.4, -0.2) is 11.4 Å². The molecule has 0 radical (unpaired) electrons. The van der Waals surface area contributed by atoms with Crippen LogP contribution in [0.25, 0.3) is 0 Å². The van der Waals surface area contributed by atoms with Gasteiger partial charge in [-0.2, -0.15) is 0 Å². The lowest BCUT2D eigenvalue weighted by Crippen LogP contribution is -2.20. The van der Waals surface area contributed by atoms with Crippen molar-refractivity contribution in [2.24, 2.45) is 0 Å². The Kier molecular flexibility index (Phi) is 4.73. The first-order chi connectivity index (χ1) is 9.50. The molecule has 0 saturated heterocycles. The van der Waals surface area contributed by atoms with Crippen LogP contribution in [0.1, 0.15) is 36.7 Å². The van der Waals surface area contributed by atoms with Crippen molar-refractivity contribution >= 4 is 14.4 Å². The van der Waals surface area contributed by atoms with E-state index < -0.39 is 0 Å². The summed E-state index contributed by atoms with van der Waals surface area (Å²) in [5, 5.41) is 0.0329. The number of rotatable bonds is 5. The van der Waals surface area contributed by atoms with Crippen molar-refractivity contribution < 1.29 is 4.79 Å². The smallest absolute Gasteiger partial charge is 0.169 e. The number of benzene rings is 2. The fraction of sp³-hybridized carbons (Fsp3) is 0.278. The lowest BCUT2D eigenvalue weighted by molar-refractivity contribution is 0.0992.